The lowest BCUT2D eigenvalue weighted by Gasteiger charge is -2.70. The molecular weight excluding hydrogens is 578 g/mol. The zero-order valence-corrected chi connectivity index (χ0v) is 29.6. The molecule has 4 saturated carbocycles. The Morgan fingerprint density at radius 1 is 0.957 bits per heavy atom. The maximum atomic E-state index is 13.3. The summed E-state index contributed by atoms with van der Waals surface area (Å²) in [6, 6.07) is 6.06. The second kappa shape index (κ2) is 11.2. The average molecular weight is 640 g/mol. The van der Waals surface area contributed by atoms with Gasteiger partial charge in [0.05, 0.1) is 23.4 Å². The van der Waals surface area contributed by atoms with Crippen molar-refractivity contribution in [3.05, 3.63) is 29.8 Å². The number of benzene rings is 1. The van der Waals surface area contributed by atoms with E-state index in [2.05, 4.69) is 41.5 Å². The largest absolute Gasteiger partial charge is 0.508 e. The van der Waals surface area contributed by atoms with Gasteiger partial charge in [0.2, 0.25) is 0 Å². The standard InChI is InChI=1S/C39H61NO6/c1-34(2)28-14-19-37(6)29(36(28,5)17-15-30(34)45-33(43)26(40)21-23-9-11-24(41)12-10-23)22-27(42)32-25(13-18-38(32,37)7)39(8)20-16-31(46-39)35(3,4)44/h9-12,25-32,41-42,44H,13-22,40H2,1-8H3/t25-,26-,27+,28-,29+,30-,31+,32-,36-,37+,38+,39-/m0/s1. The number of aliphatic hydroxyl groups is 2. The van der Waals surface area contributed by atoms with Gasteiger partial charge in [-0.1, -0.05) is 46.8 Å². The normalized spacial score (nSPS) is 45.8. The first-order valence-electron chi connectivity index (χ1n) is 18.1. The Labute approximate surface area is 277 Å². The molecule has 5 N–H and O–H groups in total. The summed E-state index contributed by atoms with van der Waals surface area (Å²) in [5.74, 6) is 1.04. The van der Waals surface area contributed by atoms with E-state index in [1.807, 2.05) is 13.8 Å². The third-order valence-electron chi connectivity index (χ3n) is 15.2. The number of nitrogens with two attached hydrogens (primary N) is 1. The summed E-state index contributed by atoms with van der Waals surface area (Å²) in [4.78, 5) is 13.3. The summed E-state index contributed by atoms with van der Waals surface area (Å²) in [6.07, 6.45) is 8.33. The SMILES string of the molecule is CC(C)(O)[C@H]1CC[C@@](C)([C@H]2CC[C@]3(C)[C@@H]2[C@H](O)C[C@@H]2[C@@]4(C)CC[C@H](OC(=O)[C@@H](N)Cc5ccc(O)cc5)C(C)(C)[C@@H]4CC[C@]23C)O1. The van der Waals surface area contributed by atoms with Gasteiger partial charge in [0.25, 0.3) is 0 Å². The highest BCUT2D eigenvalue weighted by atomic mass is 16.5. The number of aromatic hydroxyl groups is 1. The summed E-state index contributed by atoms with van der Waals surface area (Å²) < 4.78 is 13.0. The molecule has 12 atom stereocenters. The number of carbonyl (C=O) groups is 1. The topological polar surface area (TPSA) is 122 Å². The third-order valence-corrected chi connectivity index (χ3v) is 15.2. The van der Waals surface area contributed by atoms with Gasteiger partial charge in [-0.05, 0) is 143 Å². The predicted octanol–water partition coefficient (Wildman–Crippen LogP) is 6.54. The molecule has 0 aromatic heterocycles. The maximum Gasteiger partial charge on any atom is 0.323 e. The lowest BCUT2D eigenvalue weighted by molar-refractivity contribution is -0.251. The van der Waals surface area contributed by atoms with Gasteiger partial charge in [-0.2, -0.15) is 0 Å². The number of esters is 1. The van der Waals surface area contributed by atoms with Gasteiger partial charge in [0.15, 0.2) is 0 Å². The van der Waals surface area contributed by atoms with Crippen molar-refractivity contribution in [3.8, 4) is 5.75 Å². The Morgan fingerprint density at radius 3 is 2.24 bits per heavy atom. The van der Waals surface area contributed by atoms with E-state index < -0.39 is 11.6 Å². The van der Waals surface area contributed by atoms with Crippen LogP contribution >= 0.6 is 0 Å². The highest BCUT2D eigenvalue weighted by Crippen LogP contribution is 2.76. The molecular formula is C39H61NO6. The smallest absolute Gasteiger partial charge is 0.323 e. The van der Waals surface area contributed by atoms with Gasteiger partial charge < -0.3 is 30.5 Å². The van der Waals surface area contributed by atoms with Crippen LogP contribution < -0.4 is 5.73 Å². The molecule has 6 rings (SSSR count). The van der Waals surface area contributed by atoms with Crippen LogP contribution in [0.2, 0.25) is 0 Å². The highest BCUT2D eigenvalue weighted by molar-refractivity contribution is 5.76. The summed E-state index contributed by atoms with van der Waals surface area (Å²) >= 11 is 0. The Balaban J connectivity index is 1.20. The Morgan fingerprint density at radius 2 is 1.61 bits per heavy atom. The minimum Gasteiger partial charge on any atom is -0.508 e. The van der Waals surface area contributed by atoms with Crippen molar-refractivity contribution < 1.29 is 29.6 Å². The molecule has 5 fully saturated rings. The fourth-order valence-electron chi connectivity index (χ4n) is 12.5. The van der Waals surface area contributed by atoms with Crippen molar-refractivity contribution in [1.82, 2.24) is 0 Å². The van der Waals surface area contributed by atoms with E-state index in [-0.39, 0.29) is 69.1 Å². The van der Waals surface area contributed by atoms with E-state index in [1.165, 1.54) is 0 Å². The molecule has 0 amide bonds. The van der Waals surface area contributed by atoms with Crippen LogP contribution in [0.3, 0.4) is 0 Å². The number of phenols is 1. The molecule has 7 heteroatoms. The highest BCUT2D eigenvalue weighted by Gasteiger charge is 2.72. The van der Waals surface area contributed by atoms with E-state index >= 15 is 0 Å². The van der Waals surface area contributed by atoms with Crippen molar-refractivity contribution in [2.24, 2.45) is 51.1 Å². The molecule has 1 aromatic rings. The van der Waals surface area contributed by atoms with Gasteiger partial charge in [0.1, 0.15) is 17.9 Å². The van der Waals surface area contributed by atoms with E-state index in [4.69, 9.17) is 15.2 Å². The number of rotatable bonds is 6. The zero-order chi connectivity index (χ0) is 33.7. The Bertz CT molecular complexity index is 1310. The van der Waals surface area contributed by atoms with Crippen LogP contribution in [-0.2, 0) is 20.7 Å². The first kappa shape index (κ1) is 34.2. The number of hydrogen-bond acceptors (Lipinski definition) is 7. The molecule has 1 saturated heterocycles. The second-order valence-electron chi connectivity index (χ2n) is 18.3. The predicted molar refractivity (Wildman–Crippen MR) is 179 cm³/mol. The molecule has 1 heterocycles. The Hall–Kier alpha value is -1.67. The second-order valence-corrected chi connectivity index (χ2v) is 18.3. The fraction of sp³-hybridized carbons (Fsp3) is 0.821. The quantitative estimate of drug-likeness (QED) is 0.261. The van der Waals surface area contributed by atoms with Gasteiger partial charge in [0, 0.05) is 5.41 Å². The maximum absolute atomic E-state index is 13.3. The van der Waals surface area contributed by atoms with Crippen LogP contribution in [0, 0.1) is 45.3 Å². The van der Waals surface area contributed by atoms with E-state index in [1.54, 1.807) is 24.3 Å². The zero-order valence-electron chi connectivity index (χ0n) is 29.6. The van der Waals surface area contributed by atoms with Crippen molar-refractivity contribution in [2.75, 3.05) is 0 Å². The van der Waals surface area contributed by atoms with Crippen LogP contribution in [0.15, 0.2) is 24.3 Å². The van der Waals surface area contributed by atoms with Crippen molar-refractivity contribution in [2.45, 2.75) is 155 Å². The van der Waals surface area contributed by atoms with Gasteiger partial charge in [-0.3, -0.25) is 4.79 Å². The van der Waals surface area contributed by atoms with Crippen molar-refractivity contribution >= 4 is 5.97 Å². The lowest BCUT2D eigenvalue weighted by atomic mass is 9.35. The number of aliphatic hydroxyl groups excluding tert-OH is 1. The van der Waals surface area contributed by atoms with E-state index in [0.717, 1.165) is 63.4 Å². The average Bonchev–Trinajstić information content (AvgIpc) is 3.56. The third kappa shape index (κ3) is 5.16. The minimum atomic E-state index is -0.868. The molecule has 0 radical (unpaired) electrons. The molecule has 0 unspecified atom stereocenters. The molecule has 5 aliphatic rings. The first-order chi connectivity index (χ1) is 21.3. The van der Waals surface area contributed by atoms with Crippen molar-refractivity contribution in [3.63, 3.8) is 0 Å². The monoisotopic (exact) mass is 639 g/mol. The minimum absolute atomic E-state index is 0.00161. The van der Waals surface area contributed by atoms with Crippen LogP contribution in [0.25, 0.3) is 0 Å². The summed E-state index contributed by atoms with van der Waals surface area (Å²) in [7, 11) is 0. The summed E-state index contributed by atoms with van der Waals surface area (Å²) in [5, 5.41) is 32.5. The van der Waals surface area contributed by atoms with E-state index in [0.29, 0.717) is 18.3 Å². The summed E-state index contributed by atoms with van der Waals surface area (Å²) in [5.41, 5.74) is 5.94. The van der Waals surface area contributed by atoms with Gasteiger partial charge in [-0.25, -0.2) is 0 Å². The fourth-order valence-corrected chi connectivity index (χ4v) is 12.5. The molecule has 46 heavy (non-hydrogen) atoms. The van der Waals surface area contributed by atoms with E-state index in [9.17, 15) is 20.1 Å². The lowest BCUT2D eigenvalue weighted by Crippen LogP contribution is -2.67. The van der Waals surface area contributed by atoms with Crippen LogP contribution in [0.5, 0.6) is 5.75 Å². The molecule has 1 aromatic carbocycles. The summed E-state index contributed by atoms with van der Waals surface area (Å²) in [6.45, 7) is 18.0. The molecule has 0 spiro atoms. The number of hydrogen-bond donors (Lipinski definition) is 4. The molecule has 1 aliphatic heterocycles. The number of fused-ring (bicyclic) bond motifs is 5. The molecule has 7 nitrogen and oxygen atoms in total. The molecule has 258 valence electrons. The molecule has 4 aliphatic carbocycles. The van der Waals surface area contributed by atoms with Crippen LogP contribution in [0.4, 0.5) is 0 Å². The number of phenolic OH excluding ortho intramolecular Hbond substituents is 1. The molecule has 0 bridgehead atoms. The number of carbonyl (C=O) groups excluding carboxylic acids is 1. The van der Waals surface area contributed by atoms with Crippen LogP contribution in [-0.4, -0.2) is 56.8 Å². The van der Waals surface area contributed by atoms with Gasteiger partial charge >= 0.3 is 5.97 Å². The Kier molecular flexibility index (Phi) is 8.31. The van der Waals surface area contributed by atoms with Crippen LogP contribution in [0.1, 0.15) is 119 Å². The van der Waals surface area contributed by atoms with Crippen molar-refractivity contribution in [1.29, 1.82) is 0 Å². The first-order valence-corrected chi connectivity index (χ1v) is 18.1. The number of ether oxygens (including phenoxy) is 2. The van der Waals surface area contributed by atoms with Gasteiger partial charge in [-0.15, -0.1) is 0 Å².